The monoisotopic (exact) mass is 207 g/mol. The van der Waals surface area contributed by atoms with Crippen LogP contribution in [0, 0.1) is 5.82 Å². The van der Waals surface area contributed by atoms with Crippen molar-refractivity contribution in [3.05, 3.63) is 35.1 Å². The number of halogens is 1. The summed E-state index contributed by atoms with van der Waals surface area (Å²) < 4.78 is 13.0. The molecule has 1 aliphatic rings. The molecule has 3 heteroatoms. The van der Waals surface area contributed by atoms with Gasteiger partial charge in [-0.2, -0.15) is 0 Å². The first-order valence-electron chi connectivity index (χ1n) is 5.25. The predicted molar refractivity (Wildman–Crippen MR) is 56.3 cm³/mol. The number of hydrogen-bond acceptors (Lipinski definition) is 2. The number of carbonyl (C=O) groups excluding carboxylic acids is 1. The molecule has 1 saturated heterocycles. The minimum absolute atomic E-state index is 0.159. The largest absolute Gasteiger partial charge is 0.299 e. The van der Waals surface area contributed by atoms with Gasteiger partial charge in [-0.05, 0) is 43.6 Å². The summed E-state index contributed by atoms with van der Waals surface area (Å²) in [7, 11) is 0. The lowest BCUT2D eigenvalue weighted by Gasteiger charge is -2.14. The predicted octanol–water partition coefficient (Wildman–Crippen LogP) is 2.23. The van der Waals surface area contributed by atoms with Crippen LogP contribution in [0.5, 0.6) is 0 Å². The molecule has 0 spiro atoms. The molecule has 0 atom stereocenters. The third kappa shape index (κ3) is 2.42. The molecule has 0 radical (unpaired) electrons. The quantitative estimate of drug-likeness (QED) is 0.708. The van der Waals surface area contributed by atoms with Crippen LogP contribution >= 0.6 is 0 Å². The van der Waals surface area contributed by atoms with Crippen molar-refractivity contribution in [2.75, 3.05) is 13.1 Å². The van der Waals surface area contributed by atoms with Crippen LogP contribution < -0.4 is 0 Å². The van der Waals surface area contributed by atoms with Crippen molar-refractivity contribution in [1.29, 1.82) is 0 Å². The molecule has 1 aromatic carbocycles. The molecule has 1 heterocycles. The highest BCUT2D eigenvalue weighted by atomic mass is 19.1. The van der Waals surface area contributed by atoms with E-state index in [0.29, 0.717) is 6.29 Å². The van der Waals surface area contributed by atoms with Crippen LogP contribution in [-0.2, 0) is 6.54 Å². The minimum atomic E-state index is -0.435. The average Bonchev–Trinajstić information content (AvgIpc) is 2.73. The summed E-state index contributed by atoms with van der Waals surface area (Å²) in [6, 6.07) is 4.76. The Kier molecular flexibility index (Phi) is 3.11. The Morgan fingerprint density at radius 2 is 2.07 bits per heavy atom. The maximum atomic E-state index is 13.0. The second-order valence-electron chi connectivity index (χ2n) is 3.96. The Bertz CT molecular complexity index is 359. The molecule has 0 N–H and O–H groups in total. The highest BCUT2D eigenvalue weighted by molar-refractivity contribution is 5.75. The number of hydrogen-bond donors (Lipinski definition) is 0. The SMILES string of the molecule is O=Cc1cc(CN2CCCC2)ccc1F. The molecular formula is C12H14FNO. The molecule has 80 valence electrons. The average molecular weight is 207 g/mol. The molecule has 0 aliphatic carbocycles. The van der Waals surface area contributed by atoms with E-state index in [2.05, 4.69) is 4.90 Å². The van der Waals surface area contributed by atoms with E-state index in [1.54, 1.807) is 12.1 Å². The van der Waals surface area contributed by atoms with E-state index in [1.165, 1.54) is 18.9 Å². The van der Waals surface area contributed by atoms with Crippen molar-refractivity contribution in [3.63, 3.8) is 0 Å². The van der Waals surface area contributed by atoms with Gasteiger partial charge in [0, 0.05) is 6.54 Å². The molecule has 2 nitrogen and oxygen atoms in total. The van der Waals surface area contributed by atoms with Gasteiger partial charge >= 0.3 is 0 Å². The fourth-order valence-corrected chi connectivity index (χ4v) is 1.98. The first kappa shape index (κ1) is 10.3. The smallest absolute Gasteiger partial charge is 0.153 e. The third-order valence-corrected chi connectivity index (χ3v) is 2.79. The zero-order chi connectivity index (χ0) is 10.7. The van der Waals surface area contributed by atoms with Crippen molar-refractivity contribution in [1.82, 2.24) is 4.90 Å². The number of nitrogens with zero attached hydrogens (tertiary/aromatic N) is 1. The number of carbonyl (C=O) groups is 1. The molecule has 0 bridgehead atoms. The fourth-order valence-electron chi connectivity index (χ4n) is 1.98. The number of likely N-dealkylation sites (tertiary alicyclic amines) is 1. The van der Waals surface area contributed by atoms with E-state index >= 15 is 0 Å². The molecule has 1 aliphatic heterocycles. The van der Waals surface area contributed by atoms with E-state index in [9.17, 15) is 9.18 Å². The van der Waals surface area contributed by atoms with Crippen LogP contribution in [0.2, 0.25) is 0 Å². The normalized spacial score (nSPS) is 16.9. The van der Waals surface area contributed by atoms with Gasteiger partial charge in [0.15, 0.2) is 6.29 Å². The molecule has 0 unspecified atom stereocenters. The van der Waals surface area contributed by atoms with Crippen LogP contribution in [0.15, 0.2) is 18.2 Å². The Labute approximate surface area is 88.7 Å². The molecule has 15 heavy (non-hydrogen) atoms. The molecule has 0 amide bonds. The van der Waals surface area contributed by atoms with E-state index < -0.39 is 5.82 Å². The lowest BCUT2D eigenvalue weighted by molar-refractivity contribution is 0.111. The molecule has 0 saturated carbocycles. The zero-order valence-corrected chi connectivity index (χ0v) is 8.58. The summed E-state index contributed by atoms with van der Waals surface area (Å²) in [6.45, 7) is 3.03. The summed E-state index contributed by atoms with van der Waals surface area (Å²) in [5, 5.41) is 0. The summed E-state index contributed by atoms with van der Waals surface area (Å²) >= 11 is 0. The Balaban J connectivity index is 2.10. The lowest BCUT2D eigenvalue weighted by Crippen LogP contribution is -2.18. The van der Waals surface area contributed by atoms with Gasteiger partial charge in [0.25, 0.3) is 0 Å². The lowest BCUT2D eigenvalue weighted by atomic mass is 10.1. The Hall–Kier alpha value is -1.22. The first-order chi connectivity index (χ1) is 7.29. The zero-order valence-electron chi connectivity index (χ0n) is 8.58. The number of rotatable bonds is 3. The summed E-state index contributed by atoms with van der Waals surface area (Å²) in [6.07, 6.45) is 3.05. The van der Waals surface area contributed by atoms with E-state index in [1.807, 2.05) is 0 Å². The van der Waals surface area contributed by atoms with Crippen molar-refractivity contribution in [2.24, 2.45) is 0 Å². The van der Waals surface area contributed by atoms with Gasteiger partial charge in [-0.15, -0.1) is 0 Å². The van der Waals surface area contributed by atoms with Gasteiger partial charge in [-0.1, -0.05) is 6.07 Å². The molecule has 2 rings (SSSR count). The van der Waals surface area contributed by atoms with Crippen LogP contribution in [0.4, 0.5) is 4.39 Å². The first-order valence-corrected chi connectivity index (χ1v) is 5.25. The molecule has 0 aromatic heterocycles. The van der Waals surface area contributed by atoms with Gasteiger partial charge in [-0.3, -0.25) is 9.69 Å². The van der Waals surface area contributed by atoms with Gasteiger partial charge in [0.05, 0.1) is 5.56 Å². The van der Waals surface area contributed by atoms with Crippen molar-refractivity contribution < 1.29 is 9.18 Å². The van der Waals surface area contributed by atoms with E-state index in [4.69, 9.17) is 0 Å². The van der Waals surface area contributed by atoms with E-state index in [-0.39, 0.29) is 5.56 Å². The van der Waals surface area contributed by atoms with E-state index in [0.717, 1.165) is 25.2 Å². The van der Waals surface area contributed by atoms with Gasteiger partial charge in [0.1, 0.15) is 5.82 Å². The molecule has 1 fully saturated rings. The topological polar surface area (TPSA) is 20.3 Å². The van der Waals surface area contributed by atoms with Crippen molar-refractivity contribution in [3.8, 4) is 0 Å². The van der Waals surface area contributed by atoms with Crippen LogP contribution in [0.1, 0.15) is 28.8 Å². The highest BCUT2D eigenvalue weighted by Crippen LogP contribution is 2.14. The maximum Gasteiger partial charge on any atom is 0.153 e. The standard InChI is InChI=1S/C12H14FNO/c13-12-4-3-10(7-11(12)9-15)8-14-5-1-2-6-14/h3-4,7,9H,1-2,5-6,8H2. The summed E-state index contributed by atoms with van der Waals surface area (Å²) in [5.41, 5.74) is 1.17. The Morgan fingerprint density at radius 3 is 2.73 bits per heavy atom. The van der Waals surface area contributed by atoms with Crippen molar-refractivity contribution >= 4 is 6.29 Å². The summed E-state index contributed by atoms with van der Waals surface area (Å²) in [4.78, 5) is 12.9. The molecular weight excluding hydrogens is 193 g/mol. The van der Waals surface area contributed by atoms with Crippen LogP contribution in [-0.4, -0.2) is 24.3 Å². The Morgan fingerprint density at radius 1 is 1.33 bits per heavy atom. The minimum Gasteiger partial charge on any atom is -0.299 e. The second kappa shape index (κ2) is 4.53. The van der Waals surface area contributed by atoms with Gasteiger partial charge in [0.2, 0.25) is 0 Å². The third-order valence-electron chi connectivity index (χ3n) is 2.79. The fraction of sp³-hybridized carbons (Fsp3) is 0.417. The van der Waals surface area contributed by atoms with Crippen molar-refractivity contribution in [2.45, 2.75) is 19.4 Å². The molecule has 1 aromatic rings. The number of benzene rings is 1. The maximum absolute atomic E-state index is 13.0. The van der Waals surface area contributed by atoms with Gasteiger partial charge < -0.3 is 0 Å². The highest BCUT2D eigenvalue weighted by Gasteiger charge is 2.12. The summed E-state index contributed by atoms with van der Waals surface area (Å²) in [5.74, 6) is -0.435. The van der Waals surface area contributed by atoms with Crippen LogP contribution in [0.25, 0.3) is 0 Å². The second-order valence-corrected chi connectivity index (χ2v) is 3.96. The van der Waals surface area contributed by atoms with Crippen LogP contribution in [0.3, 0.4) is 0 Å². The van der Waals surface area contributed by atoms with Gasteiger partial charge in [-0.25, -0.2) is 4.39 Å². The number of aldehydes is 1.